The predicted octanol–water partition coefficient (Wildman–Crippen LogP) is -0.977. The molecule has 0 saturated carbocycles. The van der Waals surface area contributed by atoms with Gasteiger partial charge in [-0.15, -0.1) is 12.2 Å². The number of carboxylic acid groups (broad SMARTS) is 1. The van der Waals surface area contributed by atoms with Gasteiger partial charge in [-0.05, 0) is 24.3 Å². The molecule has 0 bridgehead atoms. The van der Waals surface area contributed by atoms with Crippen LogP contribution in [0.1, 0.15) is 12.8 Å². The van der Waals surface area contributed by atoms with Crippen LogP contribution in [0.25, 0.3) is 0 Å². The molecule has 0 radical (unpaired) electrons. The summed E-state index contributed by atoms with van der Waals surface area (Å²) < 4.78 is 10.6. The molecule has 0 amide bonds. The van der Waals surface area contributed by atoms with E-state index in [2.05, 4.69) is 23.5 Å². The fourth-order valence-corrected chi connectivity index (χ4v) is 1.80. The van der Waals surface area contributed by atoms with Crippen LogP contribution in [-0.4, -0.2) is 63.7 Å². The minimum atomic E-state index is -1.45. The van der Waals surface area contributed by atoms with Gasteiger partial charge in [0.25, 0.3) is 0 Å². The van der Waals surface area contributed by atoms with Crippen molar-refractivity contribution in [1.82, 2.24) is 0 Å². The van der Waals surface area contributed by atoms with Crippen molar-refractivity contribution < 1.29 is 34.7 Å². The van der Waals surface area contributed by atoms with Crippen molar-refractivity contribution in [2.24, 2.45) is 0 Å². The molecule has 7 heteroatoms. The summed E-state index contributed by atoms with van der Waals surface area (Å²) in [5.74, 6) is 5.96. The molecular weight excluding hydrogens is 304 g/mol. The first kappa shape index (κ1) is 19.0. The third-order valence-corrected chi connectivity index (χ3v) is 2.99. The van der Waals surface area contributed by atoms with Gasteiger partial charge in [-0.1, -0.05) is 5.92 Å². The predicted molar refractivity (Wildman–Crippen MR) is 78.8 cm³/mol. The first-order valence-electron chi connectivity index (χ1n) is 6.86. The Kier molecular flexibility index (Phi) is 8.10. The monoisotopic (exact) mass is 322 g/mol. The molecule has 1 rings (SSSR count). The lowest BCUT2D eigenvalue weighted by Crippen LogP contribution is -2.54. The van der Waals surface area contributed by atoms with Gasteiger partial charge in [-0.3, -0.25) is 4.79 Å². The zero-order valence-corrected chi connectivity index (χ0v) is 12.3. The number of carbonyl (C=O) groups is 1. The van der Waals surface area contributed by atoms with Crippen LogP contribution in [0.3, 0.4) is 0 Å². The molecule has 1 aliphatic heterocycles. The van der Waals surface area contributed by atoms with Gasteiger partial charge in [-0.25, -0.2) is 0 Å². The number of ether oxygens (including phenoxy) is 2. The number of aliphatic hydroxyl groups is 3. The topological polar surface area (TPSA) is 116 Å². The number of hydrogen-bond acceptors (Lipinski definition) is 6. The van der Waals surface area contributed by atoms with Crippen molar-refractivity contribution in [3.05, 3.63) is 17.9 Å². The van der Waals surface area contributed by atoms with Gasteiger partial charge >= 0.3 is 5.97 Å². The van der Waals surface area contributed by atoms with Gasteiger partial charge in [0.1, 0.15) is 18.3 Å². The molecule has 23 heavy (non-hydrogen) atoms. The van der Waals surface area contributed by atoms with Gasteiger partial charge in [-0.2, -0.15) is 0 Å². The summed E-state index contributed by atoms with van der Waals surface area (Å²) in [6.07, 6.45) is 1.64. The fraction of sp³-hybridized carbons (Fsp3) is 0.500. The molecule has 1 saturated heterocycles. The molecule has 5 atom stereocenters. The van der Waals surface area contributed by atoms with E-state index in [4.69, 9.17) is 21.0 Å². The highest BCUT2D eigenvalue weighted by Gasteiger charge is 2.39. The Labute approximate surface area is 133 Å². The first-order chi connectivity index (χ1) is 11.0. The Balaban J connectivity index is 2.74. The van der Waals surface area contributed by atoms with E-state index in [0.29, 0.717) is 0 Å². The van der Waals surface area contributed by atoms with Crippen LogP contribution < -0.4 is 0 Å². The molecule has 1 fully saturated rings. The lowest BCUT2D eigenvalue weighted by molar-refractivity contribution is -0.278. The largest absolute Gasteiger partial charge is 0.481 e. The maximum absolute atomic E-state index is 10.7. The summed E-state index contributed by atoms with van der Waals surface area (Å²) >= 11 is 0. The van der Waals surface area contributed by atoms with Crippen molar-refractivity contribution >= 4 is 5.97 Å². The minimum Gasteiger partial charge on any atom is -0.481 e. The van der Waals surface area contributed by atoms with E-state index in [9.17, 15) is 20.1 Å². The third-order valence-electron chi connectivity index (χ3n) is 2.99. The standard InChI is InChI=1S/C16H18O7/c1-2-3-4-5-6-7-11(8-9-13(18)19)23-16-15(21)14(20)12(17)10-22-16/h1,5,7,11-12,14-17,20-21H,8-10H2,(H,18,19). The van der Waals surface area contributed by atoms with Crippen LogP contribution in [0, 0.1) is 24.2 Å². The second-order valence-electron chi connectivity index (χ2n) is 4.75. The van der Waals surface area contributed by atoms with E-state index < -0.39 is 36.7 Å². The molecule has 0 aliphatic carbocycles. The molecule has 5 unspecified atom stereocenters. The number of hydrogen-bond donors (Lipinski definition) is 4. The Hall–Kier alpha value is -2.09. The maximum Gasteiger partial charge on any atom is 0.303 e. The van der Waals surface area contributed by atoms with Crippen molar-refractivity contribution in [1.29, 1.82) is 0 Å². The summed E-state index contributed by atoms with van der Waals surface area (Å²) in [6, 6.07) is 0. The fourth-order valence-electron chi connectivity index (χ4n) is 1.80. The molecule has 1 aliphatic rings. The molecule has 0 spiro atoms. The summed E-state index contributed by atoms with van der Waals surface area (Å²) in [5, 5.41) is 37.5. The molecule has 7 nitrogen and oxygen atoms in total. The average Bonchev–Trinajstić information content (AvgIpc) is 2.52. The molecule has 0 aromatic heterocycles. The van der Waals surface area contributed by atoms with Gasteiger partial charge in [0.15, 0.2) is 6.29 Å². The van der Waals surface area contributed by atoms with E-state index in [0.717, 1.165) is 0 Å². The van der Waals surface area contributed by atoms with Crippen LogP contribution in [0.4, 0.5) is 0 Å². The average molecular weight is 322 g/mol. The Morgan fingerprint density at radius 2 is 2.13 bits per heavy atom. The van der Waals surface area contributed by atoms with Crippen LogP contribution in [0.2, 0.25) is 0 Å². The third kappa shape index (κ3) is 6.68. The van der Waals surface area contributed by atoms with E-state index in [1.165, 1.54) is 12.2 Å². The lowest BCUT2D eigenvalue weighted by Gasteiger charge is -2.36. The summed E-state index contributed by atoms with van der Waals surface area (Å²) in [7, 11) is 0. The van der Waals surface area contributed by atoms with Crippen LogP contribution in [-0.2, 0) is 14.3 Å². The molecule has 0 aromatic carbocycles. The highest BCUT2D eigenvalue weighted by atomic mass is 16.7. The summed E-state index contributed by atoms with van der Waals surface area (Å²) in [5.41, 5.74) is 2.68. The van der Waals surface area contributed by atoms with Crippen molar-refractivity contribution in [2.75, 3.05) is 6.61 Å². The van der Waals surface area contributed by atoms with Crippen LogP contribution in [0.5, 0.6) is 0 Å². The number of aliphatic hydroxyl groups excluding tert-OH is 3. The Bertz CT molecular complexity index is 559. The van der Waals surface area contributed by atoms with Crippen molar-refractivity contribution in [3.63, 3.8) is 0 Å². The highest BCUT2D eigenvalue weighted by Crippen LogP contribution is 2.19. The van der Waals surface area contributed by atoms with Crippen molar-refractivity contribution in [3.8, 4) is 24.2 Å². The lowest BCUT2D eigenvalue weighted by atomic mass is 10.1. The second kappa shape index (κ2) is 9.83. The van der Waals surface area contributed by atoms with Crippen LogP contribution in [0.15, 0.2) is 17.9 Å². The molecule has 4 N–H and O–H groups in total. The minimum absolute atomic E-state index is 0.101. The highest BCUT2D eigenvalue weighted by molar-refractivity contribution is 5.66. The first-order valence-corrected chi connectivity index (χ1v) is 6.86. The normalized spacial score (nSPS) is 27.6. The number of carboxylic acids is 1. The van der Waals surface area contributed by atoms with E-state index in [-0.39, 0.29) is 19.4 Å². The van der Waals surface area contributed by atoms with Gasteiger partial charge in [0, 0.05) is 12.5 Å². The quantitative estimate of drug-likeness (QED) is 0.367. The van der Waals surface area contributed by atoms with Gasteiger partial charge in [0.2, 0.25) is 0 Å². The second-order valence-corrected chi connectivity index (χ2v) is 4.75. The summed E-state index contributed by atoms with van der Waals surface area (Å²) in [4.78, 5) is 10.7. The molecule has 0 aromatic rings. The smallest absolute Gasteiger partial charge is 0.303 e. The Morgan fingerprint density at radius 3 is 2.78 bits per heavy atom. The number of terminal acetylenes is 1. The van der Waals surface area contributed by atoms with E-state index >= 15 is 0 Å². The van der Waals surface area contributed by atoms with E-state index in [1.807, 2.05) is 0 Å². The number of aliphatic carboxylic acids is 1. The number of rotatable bonds is 6. The zero-order chi connectivity index (χ0) is 17.2. The zero-order valence-electron chi connectivity index (χ0n) is 12.3. The summed E-state index contributed by atoms with van der Waals surface area (Å²) in [6.45, 7) is -0.207. The SMILES string of the molecule is C#CC#CC=C=CC(CCC(=O)O)OC1OCC(O)C(O)C1O. The Morgan fingerprint density at radius 1 is 1.39 bits per heavy atom. The van der Waals surface area contributed by atoms with Gasteiger partial charge in [0.05, 0.1) is 12.7 Å². The maximum atomic E-state index is 10.7. The van der Waals surface area contributed by atoms with Crippen LogP contribution >= 0.6 is 0 Å². The van der Waals surface area contributed by atoms with Gasteiger partial charge < -0.3 is 29.9 Å². The van der Waals surface area contributed by atoms with E-state index in [1.54, 1.807) is 0 Å². The molecular formula is C16H18O7. The molecule has 124 valence electrons. The molecule has 1 heterocycles. The van der Waals surface area contributed by atoms with Crippen molar-refractivity contribution in [2.45, 2.75) is 43.5 Å².